The Hall–Kier alpha value is -2.41. The molecular formula is C20H27N5O2. The van der Waals surface area contributed by atoms with E-state index in [1.807, 2.05) is 24.3 Å². The highest BCUT2D eigenvalue weighted by molar-refractivity contribution is 6.05. The number of fused-ring (bicyclic) bond motifs is 3. The Bertz CT molecular complexity index is 834. The van der Waals surface area contributed by atoms with Crippen molar-refractivity contribution < 1.29 is 9.59 Å². The number of carbonyl (C=O) groups excluding carboxylic acids is 2. The molecule has 27 heavy (non-hydrogen) atoms. The third kappa shape index (κ3) is 3.56. The fourth-order valence-electron chi connectivity index (χ4n) is 4.78. The lowest BCUT2D eigenvalue weighted by Crippen LogP contribution is -2.57. The van der Waals surface area contributed by atoms with Crippen LogP contribution in [-0.2, 0) is 4.79 Å². The molecule has 3 unspecified atom stereocenters. The predicted octanol–water partition coefficient (Wildman–Crippen LogP) is 1.70. The van der Waals surface area contributed by atoms with Crippen LogP contribution in [0.1, 0.15) is 49.5 Å². The molecule has 4 rings (SSSR count). The van der Waals surface area contributed by atoms with Gasteiger partial charge in [0.2, 0.25) is 5.91 Å². The average Bonchev–Trinajstić information content (AvgIpc) is 3.06. The number of hydrogen-bond donors (Lipinski definition) is 4. The van der Waals surface area contributed by atoms with Crippen molar-refractivity contribution in [1.29, 1.82) is 0 Å². The van der Waals surface area contributed by atoms with Gasteiger partial charge in [0.1, 0.15) is 6.04 Å². The second kappa shape index (κ2) is 7.31. The SMILES string of the molecule is CC(NC(=O)c1n[nH]c2ccccc12)C(=O)NC1C2CCCC1CC(N)C2. The summed E-state index contributed by atoms with van der Waals surface area (Å²) in [6, 6.07) is 7.24. The van der Waals surface area contributed by atoms with Crippen LogP contribution in [0.15, 0.2) is 24.3 Å². The third-order valence-electron chi connectivity index (χ3n) is 6.11. The molecule has 2 bridgehead atoms. The van der Waals surface area contributed by atoms with Crippen molar-refractivity contribution in [3.8, 4) is 0 Å². The number of H-pyrrole nitrogens is 1. The lowest BCUT2D eigenvalue weighted by Gasteiger charge is -2.45. The minimum Gasteiger partial charge on any atom is -0.351 e. The van der Waals surface area contributed by atoms with Crippen molar-refractivity contribution in [2.24, 2.45) is 17.6 Å². The number of para-hydroxylation sites is 1. The van der Waals surface area contributed by atoms with Crippen LogP contribution in [0.25, 0.3) is 10.9 Å². The van der Waals surface area contributed by atoms with Crippen LogP contribution in [0.2, 0.25) is 0 Å². The molecule has 144 valence electrons. The maximum absolute atomic E-state index is 12.7. The number of amides is 2. The molecule has 0 saturated heterocycles. The Balaban J connectivity index is 1.40. The molecule has 2 amide bonds. The van der Waals surface area contributed by atoms with Gasteiger partial charge in [-0.05, 0) is 50.5 Å². The van der Waals surface area contributed by atoms with Gasteiger partial charge in [0.15, 0.2) is 5.69 Å². The first kappa shape index (κ1) is 18.0. The van der Waals surface area contributed by atoms with E-state index in [1.54, 1.807) is 6.92 Å². The molecule has 0 aliphatic heterocycles. The first-order valence-corrected chi connectivity index (χ1v) is 9.83. The highest BCUT2D eigenvalue weighted by Gasteiger charge is 2.40. The number of carbonyl (C=O) groups is 2. The molecule has 0 radical (unpaired) electrons. The van der Waals surface area contributed by atoms with E-state index in [2.05, 4.69) is 20.8 Å². The van der Waals surface area contributed by atoms with Gasteiger partial charge in [0, 0.05) is 17.5 Å². The normalized spacial score (nSPS) is 28.5. The van der Waals surface area contributed by atoms with Gasteiger partial charge in [-0.3, -0.25) is 14.7 Å². The van der Waals surface area contributed by atoms with Gasteiger partial charge < -0.3 is 16.4 Å². The number of benzene rings is 1. The number of rotatable bonds is 4. The molecule has 2 aromatic rings. The average molecular weight is 369 g/mol. The molecule has 2 saturated carbocycles. The summed E-state index contributed by atoms with van der Waals surface area (Å²) >= 11 is 0. The minimum atomic E-state index is -0.621. The van der Waals surface area contributed by atoms with Crippen LogP contribution < -0.4 is 16.4 Å². The summed E-state index contributed by atoms with van der Waals surface area (Å²) in [4.78, 5) is 25.3. The van der Waals surface area contributed by atoms with E-state index in [1.165, 1.54) is 6.42 Å². The second-order valence-electron chi connectivity index (χ2n) is 8.03. The second-order valence-corrected chi connectivity index (χ2v) is 8.03. The number of nitrogens with one attached hydrogen (secondary N) is 3. The highest BCUT2D eigenvalue weighted by atomic mass is 16.2. The fourth-order valence-corrected chi connectivity index (χ4v) is 4.78. The van der Waals surface area contributed by atoms with Gasteiger partial charge >= 0.3 is 0 Å². The summed E-state index contributed by atoms with van der Waals surface area (Å²) in [5.41, 5.74) is 7.27. The summed E-state index contributed by atoms with van der Waals surface area (Å²) in [7, 11) is 0. The number of nitrogens with two attached hydrogens (primary N) is 1. The fraction of sp³-hybridized carbons (Fsp3) is 0.550. The summed E-state index contributed by atoms with van der Waals surface area (Å²) in [5, 5.41) is 13.7. The number of nitrogens with zero attached hydrogens (tertiary/aromatic N) is 1. The van der Waals surface area contributed by atoms with Crippen LogP contribution in [0.3, 0.4) is 0 Å². The standard InChI is InChI=1S/C20H27N5O2/c1-11(22-20(27)18-15-7-2-3-8-16(15)24-25-18)19(26)23-17-12-5-4-6-13(17)10-14(21)9-12/h2-3,7-8,11-14,17H,4-6,9-10,21H2,1H3,(H,22,27)(H,23,26)(H,24,25). The molecule has 2 aliphatic carbocycles. The van der Waals surface area contributed by atoms with Crippen molar-refractivity contribution in [3.63, 3.8) is 0 Å². The summed E-state index contributed by atoms with van der Waals surface area (Å²) in [6.07, 6.45) is 5.40. The largest absolute Gasteiger partial charge is 0.351 e. The molecule has 3 atom stereocenters. The van der Waals surface area contributed by atoms with Gasteiger partial charge in [-0.2, -0.15) is 5.10 Å². The van der Waals surface area contributed by atoms with Gasteiger partial charge in [0.25, 0.3) is 5.91 Å². The molecule has 7 heteroatoms. The van der Waals surface area contributed by atoms with Crippen LogP contribution in [0, 0.1) is 11.8 Å². The van der Waals surface area contributed by atoms with E-state index in [0.29, 0.717) is 17.5 Å². The van der Waals surface area contributed by atoms with E-state index in [4.69, 9.17) is 5.73 Å². The van der Waals surface area contributed by atoms with Crippen LogP contribution >= 0.6 is 0 Å². The molecule has 7 nitrogen and oxygen atoms in total. The zero-order valence-electron chi connectivity index (χ0n) is 15.6. The van der Waals surface area contributed by atoms with E-state index in [9.17, 15) is 9.59 Å². The summed E-state index contributed by atoms with van der Waals surface area (Å²) < 4.78 is 0. The van der Waals surface area contributed by atoms with Gasteiger partial charge in [-0.15, -0.1) is 0 Å². The van der Waals surface area contributed by atoms with Crippen molar-refractivity contribution in [2.75, 3.05) is 0 Å². The first-order chi connectivity index (χ1) is 13.0. The lowest BCUT2D eigenvalue weighted by atomic mass is 9.67. The van der Waals surface area contributed by atoms with E-state index in [-0.39, 0.29) is 23.9 Å². The zero-order valence-corrected chi connectivity index (χ0v) is 15.6. The summed E-state index contributed by atoms with van der Waals surface area (Å²) in [6.45, 7) is 1.71. The summed E-state index contributed by atoms with van der Waals surface area (Å²) in [5.74, 6) is 0.422. The molecular weight excluding hydrogens is 342 g/mol. The number of aromatic amines is 1. The zero-order chi connectivity index (χ0) is 19.0. The van der Waals surface area contributed by atoms with E-state index < -0.39 is 6.04 Å². The first-order valence-electron chi connectivity index (χ1n) is 9.83. The van der Waals surface area contributed by atoms with Crippen molar-refractivity contribution in [2.45, 2.75) is 57.2 Å². The molecule has 1 aromatic heterocycles. The van der Waals surface area contributed by atoms with Crippen LogP contribution in [0.4, 0.5) is 0 Å². The van der Waals surface area contributed by atoms with Crippen molar-refractivity contribution in [3.05, 3.63) is 30.0 Å². The van der Waals surface area contributed by atoms with Crippen molar-refractivity contribution >= 4 is 22.7 Å². The Morgan fingerprint density at radius 2 is 1.93 bits per heavy atom. The number of aromatic nitrogens is 2. The van der Waals surface area contributed by atoms with Gasteiger partial charge in [-0.25, -0.2) is 0 Å². The number of hydrogen-bond acceptors (Lipinski definition) is 4. The predicted molar refractivity (Wildman–Crippen MR) is 103 cm³/mol. The molecule has 5 N–H and O–H groups in total. The molecule has 1 heterocycles. The topological polar surface area (TPSA) is 113 Å². The smallest absolute Gasteiger partial charge is 0.273 e. The van der Waals surface area contributed by atoms with Gasteiger partial charge in [-0.1, -0.05) is 24.6 Å². The van der Waals surface area contributed by atoms with E-state index >= 15 is 0 Å². The van der Waals surface area contributed by atoms with Crippen LogP contribution in [-0.4, -0.2) is 40.1 Å². The monoisotopic (exact) mass is 369 g/mol. The van der Waals surface area contributed by atoms with E-state index in [0.717, 1.165) is 36.6 Å². The Kier molecular flexibility index (Phi) is 4.86. The minimum absolute atomic E-state index is 0.138. The quantitative estimate of drug-likeness (QED) is 0.657. The Morgan fingerprint density at radius 1 is 1.22 bits per heavy atom. The lowest BCUT2D eigenvalue weighted by molar-refractivity contribution is -0.124. The Labute approximate surface area is 158 Å². The maximum atomic E-state index is 12.7. The maximum Gasteiger partial charge on any atom is 0.273 e. The third-order valence-corrected chi connectivity index (χ3v) is 6.11. The molecule has 1 aromatic carbocycles. The van der Waals surface area contributed by atoms with Gasteiger partial charge in [0.05, 0.1) is 5.52 Å². The van der Waals surface area contributed by atoms with Crippen molar-refractivity contribution in [1.82, 2.24) is 20.8 Å². The molecule has 2 aliphatic rings. The molecule has 2 fully saturated rings. The van der Waals surface area contributed by atoms with Crippen LogP contribution in [0.5, 0.6) is 0 Å². The molecule has 0 spiro atoms. The Morgan fingerprint density at radius 3 is 2.67 bits per heavy atom. The highest BCUT2D eigenvalue weighted by Crippen LogP contribution is 2.39.